The number of nitrogens with zero attached hydrogens (tertiary/aromatic N) is 2. The van der Waals surface area contributed by atoms with Gasteiger partial charge in [0, 0.05) is 5.56 Å². The van der Waals surface area contributed by atoms with Crippen LogP contribution in [0.15, 0.2) is 34.8 Å². The zero-order valence-electron chi connectivity index (χ0n) is 10.3. The van der Waals surface area contributed by atoms with Gasteiger partial charge in [-0.2, -0.15) is 11.8 Å². The summed E-state index contributed by atoms with van der Waals surface area (Å²) < 4.78 is 0.783. The Morgan fingerprint density at radius 1 is 1.21 bits per heavy atom. The normalized spacial score (nSPS) is 18.7. The van der Waals surface area contributed by atoms with Crippen LogP contribution in [0.1, 0.15) is 23.9 Å². The molecule has 0 amide bonds. The lowest BCUT2D eigenvalue weighted by Crippen LogP contribution is -2.05. The molecule has 0 radical (unpaired) electrons. The molecule has 0 aliphatic carbocycles. The maximum absolute atomic E-state index is 6.02. The highest BCUT2D eigenvalue weighted by atomic mass is 79.9. The van der Waals surface area contributed by atoms with Crippen molar-refractivity contribution in [2.45, 2.75) is 18.1 Å². The number of thioether (sulfide) groups is 1. The van der Waals surface area contributed by atoms with Crippen LogP contribution < -0.4 is 5.73 Å². The average Bonchev–Trinajstić information content (AvgIpc) is 2.97. The molecule has 1 aliphatic rings. The van der Waals surface area contributed by atoms with Gasteiger partial charge in [-0.05, 0) is 34.5 Å². The molecule has 2 heterocycles. The number of hydrogen-bond donors (Lipinski definition) is 1. The molecule has 0 saturated carbocycles. The van der Waals surface area contributed by atoms with E-state index in [9.17, 15) is 0 Å². The minimum absolute atomic E-state index is 0.387. The van der Waals surface area contributed by atoms with Gasteiger partial charge < -0.3 is 5.73 Å². The second kappa shape index (κ2) is 5.51. The fourth-order valence-corrected chi connectivity index (χ4v) is 3.81. The molecule has 0 bridgehead atoms. The molecule has 98 valence electrons. The van der Waals surface area contributed by atoms with Crippen LogP contribution in [0.2, 0.25) is 0 Å². The van der Waals surface area contributed by atoms with Crippen LogP contribution in [-0.2, 0) is 0 Å². The summed E-state index contributed by atoms with van der Waals surface area (Å²) in [4.78, 5) is 9.17. The van der Waals surface area contributed by atoms with E-state index in [2.05, 4.69) is 20.9 Å². The Labute approximate surface area is 125 Å². The van der Waals surface area contributed by atoms with Gasteiger partial charge in [-0.1, -0.05) is 30.3 Å². The molecule has 3 rings (SSSR count). The number of rotatable bonds is 2. The molecular weight excluding hydrogens is 322 g/mol. The van der Waals surface area contributed by atoms with E-state index in [1.54, 1.807) is 0 Å². The van der Waals surface area contributed by atoms with Crippen molar-refractivity contribution >= 4 is 33.5 Å². The van der Waals surface area contributed by atoms with Crippen molar-refractivity contribution in [3.63, 3.8) is 0 Å². The number of benzene rings is 1. The monoisotopic (exact) mass is 335 g/mol. The lowest BCUT2D eigenvalue weighted by Gasteiger charge is -2.12. The van der Waals surface area contributed by atoms with Gasteiger partial charge in [0.15, 0.2) is 0 Å². The van der Waals surface area contributed by atoms with Gasteiger partial charge in [0.1, 0.15) is 11.6 Å². The van der Waals surface area contributed by atoms with E-state index in [-0.39, 0.29) is 0 Å². The van der Waals surface area contributed by atoms with Crippen LogP contribution in [0.3, 0.4) is 0 Å². The smallest absolute Gasteiger partial charge is 0.144 e. The lowest BCUT2D eigenvalue weighted by atomic mass is 10.1. The zero-order chi connectivity index (χ0) is 13.2. The fraction of sp³-hybridized carbons (Fsp3) is 0.286. The number of nitrogen functional groups attached to an aromatic ring is 1. The van der Waals surface area contributed by atoms with Crippen LogP contribution in [-0.4, -0.2) is 15.7 Å². The van der Waals surface area contributed by atoms with Crippen LogP contribution in [0, 0.1) is 0 Å². The Kier molecular flexibility index (Phi) is 3.75. The van der Waals surface area contributed by atoms with Gasteiger partial charge in [0.05, 0.1) is 15.4 Å². The van der Waals surface area contributed by atoms with Gasteiger partial charge in [-0.3, -0.25) is 0 Å². The van der Waals surface area contributed by atoms with Crippen molar-refractivity contribution in [2.75, 3.05) is 11.5 Å². The number of nitrogens with two attached hydrogens (primary N) is 1. The first kappa shape index (κ1) is 12.9. The molecule has 1 aromatic heterocycles. The van der Waals surface area contributed by atoms with Crippen molar-refractivity contribution in [3.05, 3.63) is 40.6 Å². The van der Waals surface area contributed by atoms with Gasteiger partial charge in [-0.15, -0.1) is 0 Å². The largest absolute Gasteiger partial charge is 0.383 e. The highest BCUT2D eigenvalue weighted by Gasteiger charge is 2.23. The number of aromatic nitrogens is 2. The van der Waals surface area contributed by atoms with Gasteiger partial charge >= 0.3 is 0 Å². The predicted molar refractivity (Wildman–Crippen MR) is 84.0 cm³/mol. The summed E-state index contributed by atoms with van der Waals surface area (Å²) in [5.41, 5.74) is 7.97. The quantitative estimate of drug-likeness (QED) is 0.899. The first-order valence-corrected chi connectivity index (χ1v) is 8.10. The molecule has 1 aliphatic heterocycles. The standard InChI is InChI=1S/C14H14BrN3S/c15-11-12(9-5-2-1-3-6-9)17-14(18-13(11)16)10-7-4-8-19-10/h1-3,5-6,10H,4,7-8H2,(H2,16,17,18). The fourth-order valence-electron chi connectivity index (χ4n) is 2.20. The van der Waals surface area contributed by atoms with Crippen molar-refractivity contribution in [1.29, 1.82) is 0 Å². The van der Waals surface area contributed by atoms with Crippen LogP contribution in [0.25, 0.3) is 11.3 Å². The summed E-state index contributed by atoms with van der Waals surface area (Å²) in [7, 11) is 0. The lowest BCUT2D eigenvalue weighted by molar-refractivity contribution is 0.779. The van der Waals surface area contributed by atoms with Crippen LogP contribution in [0.5, 0.6) is 0 Å². The van der Waals surface area contributed by atoms with E-state index in [4.69, 9.17) is 10.7 Å². The maximum atomic E-state index is 6.02. The molecular formula is C14H14BrN3S. The molecule has 19 heavy (non-hydrogen) atoms. The second-order valence-electron chi connectivity index (χ2n) is 4.50. The third-order valence-corrected chi connectivity index (χ3v) is 5.31. The molecule has 2 aromatic rings. The Bertz CT molecular complexity index is 583. The van der Waals surface area contributed by atoms with Crippen LogP contribution in [0.4, 0.5) is 5.82 Å². The Balaban J connectivity index is 2.08. The molecule has 1 fully saturated rings. The van der Waals surface area contributed by atoms with Crippen molar-refractivity contribution < 1.29 is 0 Å². The summed E-state index contributed by atoms with van der Waals surface area (Å²) in [6, 6.07) is 10.1. The summed E-state index contributed by atoms with van der Waals surface area (Å²) >= 11 is 5.42. The van der Waals surface area contributed by atoms with Gasteiger partial charge in [-0.25, -0.2) is 9.97 Å². The third-order valence-electron chi connectivity index (χ3n) is 3.16. The summed E-state index contributed by atoms with van der Waals surface area (Å²) in [6.07, 6.45) is 2.37. The minimum atomic E-state index is 0.387. The van der Waals surface area contributed by atoms with Crippen molar-refractivity contribution in [2.24, 2.45) is 0 Å². The number of anilines is 1. The van der Waals surface area contributed by atoms with E-state index >= 15 is 0 Å². The van der Waals surface area contributed by atoms with E-state index in [0.717, 1.165) is 28.0 Å². The number of hydrogen-bond acceptors (Lipinski definition) is 4. The summed E-state index contributed by atoms with van der Waals surface area (Å²) in [6.45, 7) is 0. The Morgan fingerprint density at radius 2 is 2.00 bits per heavy atom. The van der Waals surface area contributed by atoms with E-state index in [0.29, 0.717) is 11.1 Å². The molecule has 5 heteroatoms. The summed E-state index contributed by atoms with van der Waals surface area (Å²) in [5, 5.41) is 0.387. The first-order valence-electron chi connectivity index (χ1n) is 6.25. The molecule has 1 atom stereocenters. The second-order valence-corrected chi connectivity index (χ2v) is 6.60. The zero-order valence-corrected chi connectivity index (χ0v) is 12.7. The average molecular weight is 336 g/mol. The van der Waals surface area contributed by atoms with E-state index in [1.165, 1.54) is 12.2 Å². The van der Waals surface area contributed by atoms with Crippen molar-refractivity contribution in [3.8, 4) is 11.3 Å². The highest BCUT2D eigenvalue weighted by Crippen LogP contribution is 2.40. The first-order chi connectivity index (χ1) is 9.25. The van der Waals surface area contributed by atoms with E-state index in [1.807, 2.05) is 42.1 Å². The molecule has 0 spiro atoms. The molecule has 2 N–H and O–H groups in total. The third kappa shape index (κ3) is 2.62. The minimum Gasteiger partial charge on any atom is -0.383 e. The SMILES string of the molecule is Nc1nc(C2CCCS2)nc(-c2ccccc2)c1Br. The molecule has 1 saturated heterocycles. The molecule has 1 unspecified atom stereocenters. The van der Waals surface area contributed by atoms with Gasteiger partial charge in [0.25, 0.3) is 0 Å². The van der Waals surface area contributed by atoms with Crippen molar-refractivity contribution in [1.82, 2.24) is 9.97 Å². The highest BCUT2D eigenvalue weighted by molar-refractivity contribution is 9.10. The maximum Gasteiger partial charge on any atom is 0.144 e. The summed E-state index contributed by atoms with van der Waals surface area (Å²) in [5.74, 6) is 2.57. The topological polar surface area (TPSA) is 51.8 Å². The van der Waals surface area contributed by atoms with Gasteiger partial charge in [0.2, 0.25) is 0 Å². The Hall–Kier alpha value is -1.07. The number of halogens is 1. The molecule has 1 aromatic carbocycles. The molecule has 3 nitrogen and oxygen atoms in total. The van der Waals surface area contributed by atoms with E-state index < -0.39 is 0 Å². The van der Waals surface area contributed by atoms with Crippen LogP contribution >= 0.6 is 27.7 Å². The Morgan fingerprint density at radius 3 is 2.68 bits per heavy atom. The predicted octanol–water partition coefficient (Wildman–Crippen LogP) is 4.06.